The van der Waals surface area contributed by atoms with Crippen LogP contribution in [0.25, 0.3) is 0 Å². The van der Waals surface area contributed by atoms with Gasteiger partial charge in [0.1, 0.15) is 51.1 Å². The van der Waals surface area contributed by atoms with Gasteiger partial charge in [-0.05, 0) is 49.9 Å². The predicted octanol–water partition coefficient (Wildman–Crippen LogP) is 6.13. The summed E-state index contributed by atoms with van der Waals surface area (Å²) in [5.74, 6) is 0.201. The SMILES string of the molecule is CCCC(=O)OCCN(CCOC(=O)CCC)c1ccccc1OCCOc1ccccc1N(CCOC(=O)CCC)CCOC(=O)CCC. The van der Waals surface area contributed by atoms with Crippen LogP contribution in [0.2, 0.25) is 0 Å². The summed E-state index contributed by atoms with van der Waals surface area (Å²) in [6, 6.07) is 15.0. The third-order valence-electron chi connectivity index (χ3n) is 7.32. The van der Waals surface area contributed by atoms with E-state index in [2.05, 4.69) is 0 Å². The quantitative estimate of drug-likeness (QED) is 0.0604. The van der Waals surface area contributed by atoms with Gasteiger partial charge in [-0.2, -0.15) is 0 Å². The number of rotatable bonds is 27. The molecule has 0 N–H and O–H groups in total. The number of ether oxygens (including phenoxy) is 6. The lowest BCUT2D eigenvalue weighted by Gasteiger charge is -2.27. The van der Waals surface area contributed by atoms with Crippen molar-refractivity contribution in [2.45, 2.75) is 79.1 Å². The molecule has 0 aliphatic rings. The fraction of sp³-hybridized carbons (Fsp3) is 0.579. The highest BCUT2D eigenvalue weighted by Gasteiger charge is 2.17. The molecule has 2 aromatic rings. The fourth-order valence-corrected chi connectivity index (χ4v) is 4.87. The van der Waals surface area contributed by atoms with Crippen LogP contribution in [0.15, 0.2) is 48.5 Å². The van der Waals surface area contributed by atoms with Crippen molar-refractivity contribution in [2.24, 2.45) is 0 Å². The average Bonchev–Trinajstić information content (AvgIpc) is 3.10. The normalized spacial score (nSPS) is 10.6. The number of hydrogen-bond acceptors (Lipinski definition) is 12. The van der Waals surface area contributed by atoms with Gasteiger partial charge in [0.05, 0.1) is 37.6 Å². The van der Waals surface area contributed by atoms with Crippen molar-refractivity contribution < 1.29 is 47.6 Å². The second kappa shape index (κ2) is 25.5. The van der Waals surface area contributed by atoms with Crippen LogP contribution in [-0.4, -0.2) is 89.7 Å². The molecule has 278 valence electrons. The van der Waals surface area contributed by atoms with Crippen LogP contribution in [-0.2, 0) is 38.1 Å². The first-order chi connectivity index (χ1) is 24.3. The summed E-state index contributed by atoms with van der Waals surface area (Å²) in [6.07, 6.45) is 4.25. The number of nitrogens with zero attached hydrogens (tertiary/aromatic N) is 2. The molecule has 0 spiro atoms. The predicted molar refractivity (Wildman–Crippen MR) is 192 cm³/mol. The van der Waals surface area contributed by atoms with Crippen molar-refractivity contribution in [3.05, 3.63) is 48.5 Å². The molecule has 0 bridgehead atoms. The number of hydrogen-bond donors (Lipinski definition) is 0. The van der Waals surface area contributed by atoms with E-state index in [4.69, 9.17) is 28.4 Å². The molecular formula is C38H56N2O10. The Morgan fingerprint density at radius 2 is 0.720 bits per heavy atom. The average molecular weight is 701 g/mol. The molecule has 0 saturated heterocycles. The number of benzene rings is 2. The zero-order valence-corrected chi connectivity index (χ0v) is 30.3. The summed E-state index contributed by atoms with van der Waals surface area (Å²) in [4.78, 5) is 51.9. The smallest absolute Gasteiger partial charge is 0.305 e. The molecule has 0 atom stereocenters. The summed E-state index contributed by atoms with van der Waals surface area (Å²) < 4.78 is 34.0. The number of para-hydroxylation sites is 4. The Kier molecular flexibility index (Phi) is 21.2. The lowest BCUT2D eigenvalue weighted by molar-refractivity contribution is -0.144. The number of carbonyl (C=O) groups excluding carboxylic acids is 4. The molecule has 0 saturated carbocycles. The minimum absolute atomic E-state index is 0.183. The first kappa shape index (κ1) is 41.7. The Morgan fingerprint density at radius 1 is 0.440 bits per heavy atom. The molecule has 50 heavy (non-hydrogen) atoms. The van der Waals surface area contributed by atoms with Gasteiger partial charge in [-0.25, -0.2) is 0 Å². The largest absolute Gasteiger partial charge is 0.488 e. The van der Waals surface area contributed by atoms with Gasteiger partial charge < -0.3 is 38.2 Å². The molecule has 0 aliphatic heterocycles. The molecule has 0 unspecified atom stereocenters. The standard InChI is InChI=1S/C38H56N2O10/c1-5-13-35(41)47-25-21-39(22-26-48-36(42)14-6-2)31-17-9-11-19-33(31)45-29-30-46-34-20-12-10-18-32(34)40(23-27-49-37(43)15-7-3)24-28-50-38(44)16-8-4/h9-12,17-20H,5-8,13-16,21-30H2,1-4H3. The maximum atomic E-state index is 12.0. The molecule has 0 radical (unpaired) electrons. The van der Waals surface area contributed by atoms with E-state index >= 15 is 0 Å². The van der Waals surface area contributed by atoms with Gasteiger partial charge in [0.25, 0.3) is 0 Å². The Hall–Kier alpha value is -4.48. The molecule has 0 heterocycles. The van der Waals surface area contributed by atoms with E-state index in [0.29, 0.717) is 89.0 Å². The van der Waals surface area contributed by atoms with E-state index in [1.807, 2.05) is 86.0 Å². The zero-order valence-electron chi connectivity index (χ0n) is 30.3. The van der Waals surface area contributed by atoms with Crippen LogP contribution in [0, 0.1) is 0 Å². The maximum absolute atomic E-state index is 12.0. The minimum atomic E-state index is -0.252. The van der Waals surface area contributed by atoms with Gasteiger partial charge >= 0.3 is 23.9 Å². The molecule has 0 amide bonds. The monoisotopic (exact) mass is 700 g/mol. The summed E-state index contributed by atoms with van der Waals surface area (Å²) >= 11 is 0. The van der Waals surface area contributed by atoms with E-state index in [1.165, 1.54) is 0 Å². The summed E-state index contributed by atoms with van der Waals surface area (Å²) in [5.41, 5.74) is 1.54. The lowest BCUT2D eigenvalue weighted by atomic mass is 10.2. The molecule has 0 aromatic heterocycles. The number of esters is 4. The van der Waals surface area contributed by atoms with Gasteiger partial charge in [0.15, 0.2) is 0 Å². The Balaban J connectivity index is 2.10. The Bertz CT molecular complexity index is 1140. The van der Waals surface area contributed by atoms with E-state index in [-0.39, 0.29) is 63.5 Å². The first-order valence-corrected chi connectivity index (χ1v) is 17.9. The first-order valence-electron chi connectivity index (χ1n) is 17.9. The van der Waals surface area contributed by atoms with Gasteiger partial charge in [-0.15, -0.1) is 0 Å². The van der Waals surface area contributed by atoms with Gasteiger partial charge in [0.2, 0.25) is 0 Å². The Morgan fingerprint density at radius 3 is 1.00 bits per heavy atom. The van der Waals surface area contributed by atoms with E-state index in [0.717, 1.165) is 11.4 Å². The van der Waals surface area contributed by atoms with E-state index in [9.17, 15) is 19.2 Å². The van der Waals surface area contributed by atoms with Crippen LogP contribution in [0.5, 0.6) is 11.5 Å². The molecule has 12 nitrogen and oxygen atoms in total. The fourth-order valence-electron chi connectivity index (χ4n) is 4.87. The second-order valence-electron chi connectivity index (χ2n) is 11.5. The highest BCUT2D eigenvalue weighted by molar-refractivity contribution is 5.70. The summed E-state index contributed by atoms with van der Waals surface area (Å²) in [6.45, 7) is 10.4. The highest BCUT2D eigenvalue weighted by Crippen LogP contribution is 2.30. The van der Waals surface area contributed by atoms with Gasteiger partial charge in [0, 0.05) is 25.7 Å². The van der Waals surface area contributed by atoms with Crippen molar-refractivity contribution in [1.82, 2.24) is 0 Å². The zero-order chi connectivity index (χ0) is 36.4. The molecule has 0 fully saturated rings. The van der Waals surface area contributed by atoms with Crippen LogP contribution in [0.3, 0.4) is 0 Å². The maximum Gasteiger partial charge on any atom is 0.305 e. The lowest BCUT2D eigenvalue weighted by Crippen LogP contribution is -2.33. The second-order valence-corrected chi connectivity index (χ2v) is 11.5. The van der Waals surface area contributed by atoms with Crippen molar-refractivity contribution in [1.29, 1.82) is 0 Å². The van der Waals surface area contributed by atoms with Crippen LogP contribution < -0.4 is 19.3 Å². The Labute approximate surface area is 297 Å². The molecular weight excluding hydrogens is 644 g/mol. The highest BCUT2D eigenvalue weighted by atomic mass is 16.5. The van der Waals surface area contributed by atoms with E-state index < -0.39 is 0 Å². The molecule has 2 rings (SSSR count). The minimum Gasteiger partial charge on any atom is -0.488 e. The summed E-state index contributed by atoms with van der Waals surface area (Å²) in [7, 11) is 0. The van der Waals surface area contributed by atoms with Crippen LogP contribution in [0.1, 0.15) is 79.1 Å². The molecule has 2 aromatic carbocycles. The van der Waals surface area contributed by atoms with Crippen molar-refractivity contribution in [2.75, 3.05) is 75.6 Å². The van der Waals surface area contributed by atoms with Crippen molar-refractivity contribution in [3.8, 4) is 11.5 Å². The molecule has 0 aliphatic carbocycles. The summed E-state index contributed by atoms with van der Waals surface area (Å²) in [5, 5.41) is 0. The van der Waals surface area contributed by atoms with Crippen LogP contribution in [0.4, 0.5) is 11.4 Å². The third-order valence-corrected chi connectivity index (χ3v) is 7.32. The number of anilines is 2. The number of carbonyl (C=O) groups is 4. The molecule has 12 heteroatoms. The topological polar surface area (TPSA) is 130 Å². The van der Waals surface area contributed by atoms with Gasteiger partial charge in [-0.1, -0.05) is 52.0 Å². The van der Waals surface area contributed by atoms with E-state index in [1.54, 1.807) is 0 Å². The van der Waals surface area contributed by atoms with Crippen molar-refractivity contribution in [3.63, 3.8) is 0 Å². The van der Waals surface area contributed by atoms with Crippen LogP contribution >= 0.6 is 0 Å². The van der Waals surface area contributed by atoms with Gasteiger partial charge in [-0.3, -0.25) is 19.2 Å². The van der Waals surface area contributed by atoms with Crippen molar-refractivity contribution >= 4 is 35.3 Å². The third kappa shape index (κ3) is 16.8.